The molecular formula is C17H33FO2. The van der Waals surface area contributed by atoms with Crippen LogP contribution in [0.2, 0.25) is 0 Å². The van der Waals surface area contributed by atoms with Gasteiger partial charge >= 0.3 is 5.97 Å². The smallest absolute Gasteiger partial charge is 0.338 e. The van der Waals surface area contributed by atoms with Crippen molar-refractivity contribution in [2.75, 3.05) is 0 Å². The van der Waals surface area contributed by atoms with Gasteiger partial charge in [-0.15, -0.1) is 0 Å². The summed E-state index contributed by atoms with van der Waals surface area (Å²) in [7, 11) is 0. The molecule has 0 heterocycles. The molecule has 0 rings (SSSR count). The number of rotatable bonds is 15. The average molecular weight is 288 g/mol. The average Bonchev–Trinajstić information content (AvgIpc) is 2.43. The Morgan fingerprint density at radius 2 is 1.15 bits per heavy atom. The molecule has 3 heteroatoms. The minimum Gasteiger partial charge on any atom is -0.479 e. The second-order valence-corrected chi connectivity index (χ2v) is 5.84. The maximum atomic E-state index is 12.8. The molecule has 0 spiro atoms. The molecule has 0 aromatic heterocycles. The van der Waals surface area contributed by atoms with Crippen molar-refractivity contribution in [1.29, 1.82) is 0 Å². The summed E-state index contributed by atoms with van der Waals surface area (Å²) in [6.07, 6.45) is 14.6. The molecule has 0 aliphatic rings. The summed E-state index contributed by atoms with van der Waals surface area (Å²) in [6.45, 7) is 2.25. The van der Waals surface area contributed by atoms with Crippen LogP contribution in [-0.4, -0.2) is 17.2 Å². The third-order valence-corrected chi connectivity index (χ3v) is 3.83. The Balaban J connectivity index is 3.04. The highest BCUT2D eigenvalue weighted by atomic mass is 19.1. The molecule has 1 unspecified atom stereocenters. The van der Waals surface area contributed by atoms with Crippen molar-refractivity contribution in [3.05, 3.63) is 0 Å². The van der Waals surface area contributed by atoms with Crippen LogP contribution in [0.25, 0.3) is 0 Å². The molecule has 0 aliphatic carbocycles. The van der Waals surface area contributed by atoms with E-state index in [0.717, 1.165) is 12.8 Å². The van der Waals surface area contributed by atoms with Crippen molar-refractivity contribution in [2.24, 2.45) is 0 Å². The SMILES string of the molecule is CCCCCCCCCCCCCCCC(F)C(=O)O. The highest BCUT2D eigenvalue weighted by Gasteiger charge is 2.13. The summed E-state index contributed by atoms with van der Waals surface area (Å²) in [5.74, 6) is -1.32. The first-order valence-electron chi connectivity index (χ1n) is 8.55. The second kappa shape index (κ2) is 14.8. The lowest BCUT2D eigenvalue weighted by Gasteiger charge is -2.04. The minimum atomic E-state index is -1.66. The van der Waals surface area contributed by atoms with Gasteiger partial charge in [0.25, 0.3) is 0 Å². The lowest BCUT2D eigenvalue weighted by Crippen LogP contribution is -2.13. The number of aliphatic carboxylic acids is 1. The molecule has 0 aromatic carbocycles. The van der Waals surface area contributed by atoms with Gasteiger partial charge in [0, 0.05) is 0 Å². The van der Waals surface area contributed by atoms with E-state index in [1.807, 2.05) is 0 Å². The summed E-state index contributed by atoms with van der Waals surface area (Å²) in [5, 5.41) is 8.40. The monoisotopic (exact) mass is 288 g/mol. The molecule has 20 heavy (non-hydrogen) atoms. The summed E-state index contributed by atoms with van der Waals surface area (Å²) < 4.78 is 12.8. The zero-order chi connectivity index (χ0) is 15.1. The molecule has 0 bridgehead atoms. The zero-order valence-electron chi connectivity index (χ0n) is 13.2. The van der Waals surface area contributed by atoms with Crippen molar-refractivity contribution < 1.29 is 14.3 Å². The molecule has 0 saturated heterocycles. The van der Waals surface area contributed by atoms with Crippen molar-refractivity contribution in [3.63, 3.8) is 0 Å². The fourth-order valence-corrected chi connectivity index (χ4v) is 2.46. The molecule has 2 nitrogen and oxygen atoms in total. The van der Waals surface area contributed by atoms with Crippen LogP contribution in [0.4, 0.5) is 4.39 Å². The van der Waals surface area contributed by atoms with Crippen molar-refractivity contribution in [3.8, 4) is 0 Å². The van der Waals surface area contributed by atoms with Gasteiger partial charge in [-0.1, -0.05) is 84.0 Å². The van der Waals surface area contributed by atoms with Crippen LogP contribution < -0.4 is 0 Å². The number of carboxylic acids is 1. The number of halogens is 1. The van der Waals surface area contributed by atoms with E-state index in [1.54, 1.807) is 0 Å². The van der Waals surface area contributed by atoms with Crippen LogP contribution in [0.5, 0.6) is 0 Å². The van der Waals surface area contributed by atoms with E-state index in [0.29, 0.717) is 6.42 Å². The lowest BCUT2D eigenvalue weighted by atomic mass is 10.0. The molecule has 0 saturated carbocycles. The summed E-state index contributed by atoms with van der Waals surface area (Å²) >= 11 is 0. The van der Waals surface area contributed by atoms with Crippen molar-refractivity contribution in [2.45, 2.75) is 103 Å². The van der Waals surface area contributed by atoms with Gasteiger partial charge in [0.2, 0.25) is 0 Å². The molecule has 0 aliphatic heterocycles. The molecule has 0 aromatic rings. The van der Waals surface area contributed by atoms with E-state index in [9.17, 15) is 9.18 Å². The predicted molar refractivity (Wildman–Crippen MR) is 82.8 cm³/mol. The Labute approximate surface area is 124 Å². The normalized spacial score (nSPS) is 12.5. The van der Waals surface area contributed by atoms with Gasteiger partial charge in [0.05, 0.1) is 0 Å². The second-order valence-electron chi connectivity index (χ2n) is 5.84. The third-order valence-electron chi connectivity index (χ3n) is 3.83. The Morgan fingerprint density at radius 3 is 1.50 bits per heavy atom. The molecule has 120 valence electrons. The fraction of sp³-hybridized carbons (Fsp3) is 0.941. The molecule has 0 amide bonds. The van der Waals surface area contributed by atoms with E-state index in [4.69, 9.17) is 5.11 Å². The largest absolute Gasteiger partial charge is 0.479 e. The van der Waals surface area contributed by atoms with Gasteiger partial charge in [-0.05, 0) is 12.8 Å². The number of unbranched alkanes of at least 4 members (excludes halogenated alkanes) is 12. The molecule has 0 fully saturated rings. The highest BCUT2D eigenvalue weighted by Crippen LogP contribution is 2.13. The van der Waals surface area contributed by atoms with Gasteiger partial charge in [0.15, 0.2) is 6.17 Å². The Kier molecular flexibility index (Phi) is 14.4. The van der Waals surface area contributed by atoms with Crippen molar-refractivity contribution >= 4 is 5.97 Å². The van der Waals surface area contributed by atoms with Crippen molar-refractivity contribution in [1.82, 2.24) is 0 Å². The van der Waals surface area contributed by atoms with E-state index in [-0.39, 0.29) is 6.42 Å². The summed E-state index contributed by atoms with van der Waals surface area (Å²) in [6, 6.07) is 0. The molecular weight excluding hydrogens is 255 g/mol. The number of hydrogen-bond donors (Lipinski definition) is 1. The Hall–Kier alpha value is -0.600. The number of carbonyl (C=O) groups is 1. The van der Waals surface area contributed by atoms with Crippen LogP contribution in [0.3, 0.4) is 0 Å². The topological polar surface area (TPSA) is 37.3 Å². The summed E-state index contributed by atoms with van der Waals surface area (Å²) in [5.41, 5.74) is 0. The van der Waals surface area contributed by atoms with Crippen LogP contribution >= 0.6 is 0 Å². The first-order chi connectivity index (χ1) is 9.68. The third kappa shape index (κ3) is 13.8. The van der Waals surface area contributed by atoms with E-state index in [1.165, 1.54) is 64.2 Å². The summed E-state index contributed by atoms with van der Waals surface area (Å²) in [4.78, 5) is 10.3. The quantitative estimate of drug-likeness (QED) is 0.381. The van der Waals surface area contributed by atoms with Gasteiger partial charge in [-0.3, -0.25) is 0 Å². The van der Waals surface area contributed by atoms with Gasteiger partial charge in [0.1, 0.15) is 0 Å². The van der Waals surface area contributed by atoms with Crippen LogP contribution in [0, 0.1) is 0 Å². The predicted octanol–water partition coefficient (Wildman–Crippen LogP) is 5.89. The van der Waals surface area contributed by atoms with Crippen LogP contribution in [0.1, 0.15) is 96.8 Å². The van der Waals surface area contributed by atoms with E-state index >= 15 is 0 Å². The first-order valence-corrected chi connectivity index (χ1v) is 8.55. The molecule has 0 radical (unpaired) electrons. The first kappa shape index (κ1) is 19.4. The van der Waals surface area contributed by atoms with Crippen LogP contribution in [0.15, 0.2) is 0 Å². The fourth-order valence-electron chi connectivity index (χ4n) is 2.46. The van der Waals surface area contributed by atoms with Crippen LogP contribution in [-0.2, 0) is 4.79 Å². The van der Waals surface area contributed by atoms with E-state index in [2.05, 4.69) is 6.92 Å². The number of alkyl halides is 1. The van der Waals surface area contributed by atoms with Gasteiger partial charge in [-0.25, -0.2) is 9.18 Å². The van der Waals surface area contributed by atoms with E-state index < -0.39 is 12.1 Å². The Bertz CT molecular complexity index is 219. The molecule has 1 N–H and O–H groups in total. The number of carboxylic acid groups (broad SMARTS) is 1. The maximum absolute atomic E-state index is 12.8. The highest BCUT2D eigenvalue weighted by molar-refractivity contribution is 5.71. The molecule has 1 atom stereocenters. The maximum Gasteiger partial charge on any atom is 0.338 e. The zero-order valence-corrected chi connectivity index (χ0v) is 13.2. The Morgan fingerprint density at radius 1 is 0.800 bits per heavy atom. The van der Waals surface area contributed by atoms with Gasteiger partial charge < -0.3 is 5.11 Å². The lowest BCUT2D eigenvalue weighted by molar-refractivity contribution is -0.143. The number of hydrogen-bond acceptors (Lipinski definition) is 1. The standard InChI is InChI=1S/C17H33FO2/c1-2-3-4-5-6-7-8-9-10-11-12-13-14-15-16(18)17(19)20/h16H,2-15H2,1H3,(H,19,20). The minimum absolute atomic E-state index is 0.174. The van der Waals surface area contributed by atoms with Gasteiger partial charge in [-0.2, -0.15) is 0 Å².